The van der Waals surface area contributed by atoms with Crippen molar-refractivity contribution in [2.75, 3.05) is 0 Å². The van der Waals surface area contributed by atoms with Gasteiger partial charge < -0.3 is 9.47 Å². The van der Waals surface area contributed by atoms with E-state index in [9.17, 15) is 0 Å². The fraction of sp³-hybridized carbons (Fsp3) is 0.304. The lowest BCUT2D eigenvalue weighted by atomic mass is 9.84. The zero-order chi connectivity index (χ0) is 18.5. The van der Waals surface area contributed by atoms with Gasteiger partial charge in [0, 0.05) is 0 Å². The molecule has 0 saturated carbocycles. The maximum Gasteiger partial charge on any atom is 0.145 e. The molecule has 25 heavy (non-hydrogen) atoms. The van der Waals surface area contributed by atoms with E-state index in [1.807, 2.05) is 60.7 Å². The third-order valence-electron chi connectivity index (χ3n) is 4.90. The van der Waals surface area contributed by atoms with Gasteiger partial charge in [0.05, 0.1) is 0 Å². The summed E-state index contributed by atoms with van der Waals surface area (Å²) >= 11 is 0. The van der Waals surface area contributed by atoms with Crippen molar-refractivity contribution in [2.45, 2.75) is 45.3 Å². The van der Waals surface area contributed by atoms with Crippen molar-refractivity contribution in [3.63, 3.8) is 0 Å². The van der Waals surface area contributed by atoms with E-state index in [1.54, 1.807) is 0 Å². The molecule has 0 N–H and O–H groups in total. The molecule has 0 fully saturated rings. The summed E-state index contributed by atoms with van der Waals surface area (Å²) in [6.07, 6.45) is 4.46. The lowest BCUT2D eigenvalue weighted by Gasteiger charge is -2.43. The standard InChI is InChI=1S/C23H28O2/c1-7-18-10-14-20(15-11-18)24-22(4,5)23(6,9-3)25-21-16-12-19(8-2)13-17-21/h7-8,10-17H,1-2,9H2,3-6H3. The van der Waals surface area contributed by atoms with Crippen LogP contribution in [0, 0.1) is 0 Å². The molecule has 0 bridgehead atoms. The van der Waals surface area contributed by atoms with E-state index >= 15 is 0 Å². The number of benzene rings is 2. The Morgan fingerprint density at radius 2 is 1.16 bits per heavy atom. The Bertz CT molecular complexity index is 711. The molecule has 0 aliphatic rings. The molecule has 2 aromatic rings. The number of hydrogen-bond acceptors (Lipinski definition) is 2. The predicted molar refractivity (Wildman–Crippen MR) is 107 cm³/mol. The zero-order valence-corrected chi connectivity index (χ0v) is 15.7. The first-order valence-electron chi connectivity index (χ1n) is 8.66. The number of rotatable bonds is 8. The summed E-state index contributed by atoms with van der Waals surface area (Å²) < 4.78 is 12.7. The second-order valence-electron chi connectivity index (χ2n) is 6.85. The zero-order valence-electron chi connectivity index (χ0n) is 15.7. The van der Waals surface area contributed by atoms with E-state index < -0.39 is 11.2 Å². The molecule has 0 saturated heterocycles. The van der Waals surface area contributed by atoms with E-state index in [2.05, 4.69) is 40.9 Å². The molecule has 0 radical (unpaired) electrons. The van der Waals surface area contributed by atoms with Crippen LogP contribution in [-0.2, 0) is 0 Å². The topological polar surface area (TPSA) is 18.5 Å². The van der Waals surface area contributed by atoms with Crippen LogP contribution in [0.25, 0.3) is 12.2 Å². The van der Waals surface area contributed by atoms with E-state index in [0.717, 1.165) is 29.0 Å². The summed E-state index contributed by atoms with van der Waals surface area (Å²) in [7, 11) is 0. The van der Waals surface area contributed by atoms with Gasteiger partial charge in [-0.15, -0.1) is 0 Å². The molecule has 1 unspecified atom stereocenters. The van der Waals surface area contributed by atoms with Gasteiger partial charge in [0.25, 0.3) is 0 Å². The van der Waals surface area contributed by atoms with Crippen LogP contribution >= 0.6 is 0 Å². The third kappa shape index (κ3) is 4.33. The van der Waals surface area contributed by atoms with Crippen molar-refractivity contribution in [1.29, 1.82) is 0 Å². The molecule has 0 aromatic heterocycles. The Morgan fingerprint density at radius 1 is 0.760 bits per heavy atom. The highest BCUT2D eigenvalue weighted by molar-refractivity contribution is 5.49. The smallest absolute Gasteiger partial charge is 0.145 e. The van der Waals surface area contributed by atoms with Gasteiger partial charge >= 0.3 is 0 Å². The minimum absolute atomic E-state index is 0.486. The average Bonchev–Trinajstić information content (AvgIpc) is 2.62. The van der Waals surface area contributed by atoms with Gasteiger partial charge in [0.15, 0.2) is 0 Å². The van der Waals surface area contributed by atoms with Crippen LogP contribution in [0.2, 0.25) is 0 Å². The van der Waals surface area contributed by atoms with Gasteiger partial charge in [0.1, 0.15) is 22.7 Å². The van der Waals surface area contributed by atoms with Gasteiger partial charge in [-0.3, -0.25) is 0 Å². The summed E-state index contributed by atoms with van der Waals surface area (Å²) in [5, 5.41) is 0. The monoisotopic (exact) mass is 336 g/mol. The molecule has 2 nitrogen and oxygen atoms in total. The van der Waals surface area contributed by atoms with Gasteiger partial charge in [-0.05, 0) is 62.6 Å². The summed E-state index contributed by atoms with van der Waals surface area (Å²) in [6, 6.07) is 15.9. The first kappa shape index (κ1) is 18.9. The lowest BCUT2D eigenvalue weighted by Crippen LogP contribution is -2.55. The minimum atomic E-state index is -0.519. The highest BCUT2D eigenvalue weighted by Crippen LogP contribution is 2.35. The molecule has 0 heterocycles. The Kier molecular flexibility index (Phi) is 5.73. The Hall–Kier alpha value is -2.48. The fourth-order valence-corrected chi connectivity index (χ4v) is 2.63. The van der Waals surface area contributed by atoms with Crippen molar-refractivity contribution in [2.24, 2.45) is 0 Å². The van der Waals surface area contributed by atoms with E-state index in [4.69, 9.17) is 9.47 Å². The largest absolute Gasteiger partial charge is 0.484 e. The highest BCUT2D eigenvalue weighted by Gasteiger charge is 2.44. The van der Waals surface area contributed by atoms with Crippen molar-refractivity contribution in [1.82, 2.24) is 0 Å². The highest BCUT2D eigenvalue weighted by atomic mass is 16.6. The maximum atomic E-state index is 6.36. The number of ether oxygens (including phenoxy) is 2. The normalized spacial score (nSPS) is 13.6. The number of hydrogen-bond donors (Lipinski definition) is 0. The van der Waals surface area contributed by atoms with Crippen molar-refractivity contribution in [3.8, 4) is 11.5 Å². The molecule has 0 aliphatic heterocycles. The SMILES string of the molecule is C=Cc1ccc(OC(C)(C)C(C)(CC)Oc2ccc(C=C)cc2)cc1. The second kappa shape index (κ2) is 7.60. The van der Waals surface area contributed by atoms with Crippen molar-refractivity contribution >= 4 is 12.2 Å². The molecule has 1 atom stereocenters. The molecular weight excluding hydrogens is 308 g/mol. The Labute approximate surface area is 151 Å². The fourth-order valence-electron chi connectivity index (χ4n) is 2.63. The lowest BCUT2D eigenvalue weighted by molar-refractivity contribution is -0.0872. The third-order valence-corrected chi connectivity index (χ3v) is 4.90. The quantitative estimate of drug-likeness (QED) is 0.557. The molecule has 0 spiro atoms. The van der Waals surface area contributed by atoms with Crippen LogP contribution < -0.4 is 9.47 Å². The molecule has 2 heteroatoms. The van der Waals surface area contributed by atoms with Crippen LogP contribution in [0.1, 0.15) is 45.2 Å². The van der Waals surface area contributed by atoms with E-state index in [1.165, 1.54) is 0 Å². The van der Waals surface area contributed by atoms with Crippen LogP contribution in [-0.4, -0.2) is 11.2 Å². The van der Waals surface area contributed by atoms with Gasteiger partial charge in [-0.1, -0.05) is 56.5 Å². The van der Waals surface area contributed by atoms with Gasteiger partial charge in [-0.25, -0.2) is 0 Å². The maximum absolute atomic E-state index is 6.36. The minimum Gasteiger partial charge on any atom is -0.484 e. The van der Waals surface area contributed by atoms with Crippen LogP contribution in [0.15, 0.2) is 61.7 Å². The van der Waals surface area contributed by atoms with Crippen LogP contribution in [0.3, 0.4) is 0 Å². The first-order chi connectivity index (χ1) is 11.8. The summed E-state index contributed by atoms with van der Waals surface area (Å²) in [6.45, 7) is 15.9. The van der Waals surface area contributed by atoms with E-state index in [0.29, 0.717) is 0 Å². The molecule has 2 aromatic carbocycles. The molecule has 2 rings (SSSR count). The van der Waals surface area contributed by atoms with Gasteiger partial charge in [0.2, 0.25) is 0 Å². The Morgan fingerprint density at radius 3 is 1.52 bits per heavy atom. The van der Waals surface area contributed by atoms with Gasteiger partial charge in [-0.2, -0.15) is 0 Å². The van der Waals surface area contributed by atoms with Crippen LogP contribution in [0.4, 0.5) is 0 Å². The molecule has 0 aliphatic carbocycles. The predicted octanol–water partition coefficient (Wildman–Crippen LogP) is 6.38. The van der Waals surface area contributed by atoms with E-state index in [-0.39, 0.29) is 0 Å². The molecule has 132 valence electrons. The van der Waals surface area contributed by atoms with Crippen molar-refractivity contribution in [3.05, 3.63) is 72.8 Å². The molecular formula is C23H28O2. The van der Waals surface area contributed by atoms with Crippen molar-refractivity contribution < 1.29 is 9.47 Å². The summed E-state index contributed by atoms with van der Waals surface area (Å²) in [4.78, 5) is 0. The average molecular weight is 336 g/mol. The second-order valence-corrected chi connectivity index (χ2v) is 6.85. The molecule has 0 amide bonds. The summed E-state index contributed by atoms with van der Waals surface area (Å²) in [5.41, 5.74) is 1.14. The Balaban J connectivity index is 2.20. The first-order valence-corrected chi connectivity index (χ1v) is 8.66. The van der Waals surface area contributed by atoms with Crippen LogP contribution in [0.5, 0.6) is 11.5 Å². The summed E-state index contributed by atoms with van der Waals surface area (Å²) in [5.74, 6) is 1.65.